The Labute approximate surface area is 172 Å². The molecule has 0 aromatic heterocycles. The monoisotopic (exact) mass is 394 g/mol. The summed E-state index contributed by atoms with van der Waals surface area (Å²) in [5, 5.41) is 5.96. The van der Waals surface area contributed by atoms with Gasteiger partial charge in [0.15, 0.2) is 0 Å². The van der Waals surface area contributed by atoms with E-state index in [0.717, 1.165) is 29.8 Å². The number of fused-ring (bicyclic) bond motifs is 1. The summed E-state index contributed by atoms with van der Waals surface area (Å²) in [6.45, 7) is 5.08. The average Bonchev–Trinajstić information content (AvgIpc) is 2.70. The lowest BCUT2D eigenvalue weighted by atomic mass is 9.95. The summed E-state index contributed by atoms with van der Waals surface area (Å²) in [5.41, 5.74) is 2.99. The lowest BCUT2D eigenvalue weighted by Gasteiger charge is -2.25. The molecular formula is C24H30N2O3. The Kier molecular flexibility index (Phi) is 7.28. The molecule has 5 nitrogen and oxygen atoms in total. The first-order chi connectivity index (χ1) is 14.0. The van der Waals surface area contributed by atoms with Crippen LogP contribution in [0.3, 0.4) is 0 Å². The fourth-order valence-corrected chi connectivity index (χ4v) is 3.52. The van der Waals surface area contributed by atoms with Crippen molar-refractivity contribution in [3.63, 3.8) is 0 Å². The standard InChI is InChI=1S/C24H30N2O3/c1-17(2)13-23(27)26-21-10-11-22-19(15-21)14-20(16-29-22)24(28)25-12-6-9-18-7-4-3-5-8-18/h3-5,7-8,10-11,15,17,20H,6,9,12-14,16H2,1-2H3,(H,25,28)(H,26,27). The van der Waals surface area contributed by atoms with Gasteiger partial charge in [0, 0.05) is 18.7 Å². The van der Waals surface area contributed by atoms with Gasteiger partial charge in [0.1, 0.15) is 12.4 Å². The number of carbonyl (C=O) groups excluding carboxylic acids is 2. The molecule has 2 amide bonds. The van der Waals surface area contributed by atoms with Crippen LogP contribution in [0.4, 0.5) is 5.69 Å². The molecule has 1 atom stereocenters. The number of ether oxygens (including phenoxy) is 1. The van der Waals surface area contributed by atoms with Gasteiger partial charge in [-0.05, 0) is 54.5 Å². The number of aryl methyl sites for hydroxylation is 1. The highest BCUT2D eigenvalue weighted by Gasteiger charge is 2.26. The molecule has 5 heteroatoms. The molecule has 2 N–H and O–H groups in total. The molecule has 1 heterocycles. The van der Waals surface area contributed by atoms with Crippen molar-refractivity contribution in [3.8, 4) is 5.75 Å². The number of nitrogens with one attached hydrogen (secondary N) is 2. The van der Waals surface area contributed by atoms with Crippen LogP contribution in [0.5, 0.6) is 5.75 Å². The summed E-state index contributed by atoms with van der Waals surface area (Å²) in [7, 11) is 0. The van der Waals surface area contributed by atoms with Crippen LogP contribution in [0, 0.1) is 11.8 Å². The van der Waals surface area contributed by atoms with Crippen molar-refractivity contribution in [3.05, 3.63) is 59.7 Å². The maximum absolute atomic E-state index is 12.5. The summed E-state index contributed by atoms with van der Waals surface area (Å²) in [6, 6.07) is 15.9. The Balaban J connectivity index is 1.49. The van der Waals surface area contributed by atoms with Gasteiger partial charge in [-0.1, -0.05) is 44.2 Å². The third-order valence-electron chi connectivity index (χ3n) is 5.00. The van der Waals surface area contributed by atoms with Crippen molar-refractivity contribution in [1.82, 2.24) is 5.32 Å². The molecule has 0 aliphatic carbocycles. The number of rotatable bonds is 8. The molecule has 0 radical (unpaired) electrons. The maximum Gasteiger partial charge on any atom is 0.226 e. The van der Waals surface area contributed by atoms with Gasteiger partial charge in [-0.15, -0.1) is 0 Å². The average molecular weight is 395 g/mol. The minimum atomic E-state index is -0.208. The second-order valence-corrected chi connectivity index (χ2v) is 8.06. The molecule has 0 bridgehead atoms. The zero-order chi connectivity index (χ0) is 20.6. The van der Waals surface area contributed by atoms with Gasteiger partial charge in [-0.2, -0.15) is 0 Å². The quantitative estimate of drug-likeness (QED) is 0.666. The van der Waals surface area contributed by atoms with Gasteiger partial charge in [-0.3, -0.25) is 9.59 Å². The number of anilines is 1. The van der Waals surface area contributed by atoms with E-state index in [-0.39, 0.29) is 17.7 Å². The Hall–Kier alpha value is -2.82. The third kappa shape index (κ3) is 6.34. The molecule has 2 aromatic rings. The molecule has 29 heavy (non-hydrogen) atoms. The van der Waals surface area contributed by atoms with Crippen molar-refractivity contribution in [1.29, 1.82) is 0 Å². The Morgan fingerprint density at radius 2 is 1.93 bits per heavy atom. The van der Waals surface area contributed by atoms with E-state index >= 15 is 0 Å². The topological polar surface area (TPSA) is 67.4 Å². The van der Waals surface area contributed by atoms with Crippen LogP contribution in [0.2, 0.25) is 0 Å². The third-order valence-corrected chi connectivity index (χ3v) is 5.00. The number of hydrogen-bond donors (Lipinski definition) is 2. The maximum atomic E-state index is 12.5. The highest BCUT2D eigenvalue weighted by atomic mass is 16.5. The summed E-state index contributed by atoms with van der Waals surface area (Å²) in [6.07, 6.45) is 2.96. The first-order valence-electron chi connectivity index (χ1n) is 10.4. The number of hydrogen-bond acceptors (Lipinski definition) is 3. The lowest BCUT2D eigenvalue weighted by Crippen LogP contribution is -2.37. The van der Waals surface area contributed by atoms with Crippen LogP contribution in [0.25, 0.3) is 0 Å². The Bertz CT molecular complexity index is 833. The highest BCUT2D eigenvalue weighted by molar-refractivity contribution is 5.91. The zero-order valence-corrected chi connectivity index (χ0v) is 17.2. The van der Waals surface area contributed by atoms with E-state index in [1.54, 1.807) is 0 Å². The molecular weight excluding hydrogens is 364 g/mol. The molecule has 154 valence electrons. The zero-order valence-electron chi connectivity index (χ0n) is 17.2. The molecule has 0 spiro atoms. The van der Waals surface area contributed by atoms with Crippen LogP contribution >= 0.6 is 0 Å². The van der Waals surface area contributed by atoms with Gasteiger partial charge in [0.25, 0.3) is 0 Å². The minimum Gasteiger partial charge on any atom is -0.492 e. The summed E-state index contributed by atoms with van der Waals surface area (Å²) >= 11 is 0. The predicted molar refractivity (Wildman–Crippen MR) is 115 cm³/mol. The van der Waals surface area contributed by atoms with E-state index in [1.807, 2.05) is 50.2 Å². The Morgan fingerprint density at radius 3 is 2.69 bits per heavy atom. The van der Waals surface area contributed by atoms with Crippen LogP contribution < -0.4 is 15.4 Å². The van der Waals surface area contributed by atoms with Crippen molar-refractivity contribution in [2.45, 2.75) is 39.5 Å². The highest BCUT2D eigenvalue weighted by Crippen LogP contribution is 2.30. The second kappa shape index (κ2) is 10.1. The molecule has 0 saturated heterocycles. The van der Waals surface area contributed by atoms with Crippen molar-refractivity contribution >= 4 is 17.5 Å². The van der Waals surface area contributed by atoms with Crippen LogP contribution in [0.15, 0.2) is 48.5 Å². The molecule has 3 rings (SSSR count). The van der Waals surface area contributed by atoms with E-state index < -0.39 is 0 Å². The Morgan fingerprint density at radius 1 is 1.14 bits per heavy atom. The predicted octanol–water partition coefficient (Wildman–Crippen LogP) is 3.97. The van der Waals surface area contributed by atoms with E-state index in [0.29, 0.717) is 31.9 Å². The minimum absolute atomic E-state index is 0.00406. The summed E-state index contributed by atoms with van der Waals surface area (Å²) < 4.78 is 5.78. The van der Waals surface area contributed by atoms with Crippen LogP contribution in [-0.4, -0.2) is 25.0 Å². The van der Waals surface area contributed by atoms with Crippen LogP contribution in [0.1, 0.15) is 37.8 Å². The van der Waals surface area contributed by atoms with Crippen molar-refractivity contribution in [2.24, 2.45) is 11.8 Å². The van der Waals surface area contributed by atoms with E-state index in [9.17, 15) is 9.59 Å². The van der Waals surface area contributed by atoms with Gasteiger partial charge in [0.05, 0.1) is 5.92 Å². The van der Waals surface area contributed by atoms with E-state index in [4.69, 9.17) is 4.74 Å². The number of benzene rings is 2. The fraction of sp³-hybridized carbons (Fsp3) is 0.417. The van der Waals surface area contributed by atoms with Gasteiger partial charge in [-0.25, -0.2) is 0 Å². The van der Waals surface area contributed by atoms with Gasteiger partial charge >= 0.3 is 0 Å². The van der Waals surface area contributed by atoms with E-state index in [1.165, 1.54) is 5.56 Å². The summed E-state index contributed by atoms with van der Waals surface area (Å²) in [5.74, 6) is 0.925. The normalized spacial score (nSPS) is 15.3. The summed E-state index contributed by atoms with van der Waals surface area (Å²) in [4.78, 5) is 24.5. The van der Waals surface area contributed by atoms with Crippen molar-refractivity contribution < 1.29 is 14.3 Å². The number of carbonyl (C=O) groups is 2. The SMILES string of the molecule is CC(C)CC(=O)Nc1ccc2c(c1)CC(C(=O)NCCCc1ccccc1)CO2. The second-order valence-electron chi connectivity index (χ2n) is 8.06. The first-order valence-corrected chi connectivity index (χ1v) is 10.4. The molecule has 1 aliphatic rings. The number of amides is 2. The molecule has 0 fully saturated rings. The molecule has 1 aliphatic heterocycles. The largest absolute Gasteiger partial charge is 0.492 e. The van der Waals surface area contributed by atoms with Crippen molar-refractivity contribution in [2.75, 3.05) is 18.5 Å². The molecule has 2 aromatic carbocycles. The molecule has 1 unspecified atom stereocenters. The molecule has 0 saturated carbocycles. The van der Waals surface area contributed by atoms with Gasteiger partial charge < -0.3 is 15.4 Å². The smallest absolute Gasteiger partial charge is 0.226 e. The van der Waals surface area contributed by atoms with Gasteiger partial charge in [0.2, 0.25) is 11.8 Å². The van der Waals surface area contributed by atoms with Crippen LogP contribution in [-0.2, 0) is 22.4 Å². The van der Waals surface area contributed by atoms with E-state index in [2.05, 4.69) is 22.8 Å². The fourth-order valence-electron chi connectivity index (χ4n) is 3.52. The first kappa shape index (κ1) is 20.9. The lowest BCUT2D eigenvalue weighted by molar-refractivity contribution is -0.126.